The molecular formula is C15H18ClN3O4S. The molecule has 2 aromatic rings. The minimum Gasteiger partial charge on any atom is -0.468 e. The van der Waals surface area contributed by atoms with E-state index in [0.29, 0.717) is 12.3 Å². The number of nitrogens with zero attached hydrogens (tertiary/aromatic N) is 2. The van der Waals surface area contributed by atoms with E-state index in [1.54, 1.807) is 12.1 Å². The zero-order valence-corrected chi connectivity index (χ0v) is 14.7. The minimum atomic E-state index is -3.92. The van der Waals surface area contributed by atoms with Gasteiger partial charge in [0.2, 0.25) is 15.9 Å². The maximum Gasteiger partial charge on any atom is 0.245 e. The van der Waals surface area contributed by atoms with E-state index in [1.165, 1.54) is 18.4 Å². The third-order valence-corrected chi connectivity index (χ3v) is 5.14. The molecule has 1 amide bonds. The lowest BCUT2D eigenvalue weighted by atomic mass is 10.4. The summed E-state index contributed by atoms with van der Waals surface area (Å²) in [6.45, 7) is 2.02. The van der Waals surface area contributed by atoms with Crippen molar-refractivity contribution in [3.63, 3.8) is 0 Å². The van der Waals surface area contributed by atoms with Crippen molar-refractivity contribution in [3.05, 3.63) is 47.6 Å². The van der Waals surface area contributed by atoms with Crippen LogP contribution in [0.3, 0.4) is 0 Å². The number of hydrogen-bond acceptors (Lipinski definition) is 5. The van der Waals surface area contributed by atoms with Gasteiger partial charge in [-0.05, 0) is 30.7 Å². The summed E-state index contributed by atoms with van der Waals surface area (Å²) in [5.74, 6) is 0.0534. The first-order chi connectivity index (χ1) is 11.4. The Bertz CT molecular complexity index is 761. The van der Waals surface area contributed by atoms with Gasteiger partial charge in [0.25, 0.3) is 0 Å². The van der Waals surface area contributed by atoms with Gasteiger partial charge in [0, 0.05) is 12.7 Å². The van der Waals surface area contributed by atoms with Crippen molar-refractivity contribution < 1.29 is 17.6 Å². The highest BCUT2D eigenvalue weighted by molar-refractivity contribution is 7.89. The fourth-order valence-corrected chi connectivity index (χ4v) is 3.37. The summed E-state index contributed by atoms with van der Waals surface area (Å²) in [5.41, 5.74) is 0. The van der Waals surface area contributed by atoms with E-state index in [2.05, 4.69) is 10.3 Å². The van der Waals surface area contributed by atoms with Gasteiger partial charge < -0.3 is 9.73 Å². The van der Waals surface area contributed by atoms with Crippen LogP contribution < -0.4 is 5.32 Å². The topological polar surface area (TPSA) is 92.5 Å². The number of halogens is 1. The molecule has 0 aromatic carbocycles. The number of aromatic nitrogens is 1. The molecule has 0 bridgehead atoms. The summed E-state index contributed by atoms with van der Waals surface area (Å²) >= 11 is 5.70. The van der Waals surface area contributed by atoms with E-state index in [0.717, 1.165) is 16.9 Å². The van der Waals surface area contributed by atoms with E-state index in [9.17, 15) is 13.2 Å². The summed E-state index contributed by atoms with van der Waals surface area (Å²) in [7, 11) is -3.92. The Kier molecular flexibility index (Phi) is 6.36. The molecule has 0 aliphatic rings. The second-order valence-electron chi connectivity index (χ2n) is 5.02. The summed E-state index contributed by atoms with van der Waals surface area (Å²) in [6, 6.07) is 6.04. The molecule has 0 saturated carbocycles. The molecule has 0 saturated heterocycles. The predicted molar refractivity (Wildman–Crippen MR) is 88.9 cm³/mol. The van der Waals surface area contributed by atoms with Crippen molar-refractivity contribution in [2.24, 2.45) is 0 Å². The number of rotatable bonds is 8. The van der Waals surface area contributed by atoms with Crippen LogP contribution in [-0.4, -0.2) is 36.7 Å². The quantitative estimate of drug-likeness (QED) is 0.717. The highest BCUT2D eigenvalue weighted by atomic mass is 35.5. The predicted octanol–water partition coefficient (Wildman–Crippen LogP) is 2.05. The van der Waals surface area contributed by atoms with Crippen molar-refractivity contribution in [2.75, 3.05) is 13.1 Å². The summed E-state index contributed by atoms with van der Waals surface area (Å²) in [6.07, 6.45) is 3.37. The largest absolute Gasteiger partial charge is 0.468 e. The second-order valence-corrected chi connectivity index (χ2v) is 7.34. The van der Waals surface area contributed by atoms with Gasteiger partial charge in [-0.3, -0.25) is 4.79 Å². The number of carbonyl (C=O) groups excluding carboxylic acids is 1. The number of carbonyl (C=O) groups is 1. The molecule has 0 radical (unpaired) electrons. The number of hydrogen-bond donors (Lipinski definition) is 1. The standard InChI is InChI=1S/C15H18ClN3O4S/c1-2-7-17-15(20)11-19(10-12-4-3-8-23-12)24(21,22)13-5-6-14(16)18-9-13/h3-6,8-9H,2,7,10-11H2,1H3,(H,17,20). The van der Waals surface area contributed by atoms with Crippen LogP contribution in [0.15, 0.2) is 46.0 Å². The number of sulfonamides is 1. The van der Waals surface area contributed by atoms with Crippen LogP contribution in [0, 0.1) is 0 Å². The molecule has 2 rings (SSSR count). The van der Waals surface area contributed by atoms with Crippen LogP contribution in [0.1, 0.15) is 19.1 Å². The molecule has 0 unspecified atom stereocenters. The molecule has 0 aliphatic heterocycles. The first kappa shape index (κ1) is 18.4. The summed E-state index contributed by atoms with van der Waals surface area (Å²) < 4.78 is 31.8. The molecule has 130 valence electrons. The van der Waals surface area contributed by atoms with Crippen LogP contribution in [0.5, 0.6) is 0 Å². The molecular weight excluding hydrogens is 354 g/mol. The molecule has 0 atom stereocenters. The maximum atomic E-state index is 12.8. The molecule has 0 fully saturated rings. The van der Waals surface area contributed by atoms with Crippen molar-refractivity contribution in [2.45, 2.75) is 24.8 Å². The SMILES string of the molecule is CCCNC(=O)CN(Cc1ccco1)S(=O)(=O)c1ccc(Cl)nc1. The molecule has 0 aliphatic carbocycles. The lowest BCUT2D eigenvalue weighted by molar-refractivity contribution is -0.121. The Morgan fingerprint density at radius 1 is 1.38 bits per heavy atom. The monoisotopic (exact) mass is 371 g/mol. The van der Waals surface area contributed by atoms with E-state index in [-0.39, 0.29) is 29.0 Å². The Morgan fingerprint density at radius 3 is 2.75 bits per heavy atom. The van der Waals surface area contributed by atoms with Gasteiger partial charge in [-0.25, -0.2) is 13.4 Å². The van der Waals surface area contributed by atoms with Gasteiger partial charge in [0.15, 0.2) is 0 Å². The third kappa shape index (κ3) is 4.80. The summed E-state index contributed by atoms with van der Waals surface area (Å²) in [4.78, 5) is 15.7. The molecule has 0 spiro atoms. The van der Waals surface area contributed by atoms with Gasteiger partial charge in [-0.2, -0.15) is 4.31 Å². The number of amides is 1. The Morgan fingerprint density at radius 2 is 2.17 bits per heavy atom. The van der Waals surface area contributed by atoms with E-state index in [4.69, 9.17) is 16.0 Å². The molecule has 2 heterocycles. The third-order valence-electron chi connectivity index (χ3n) is 3.14. The van der Waals surface area contributed by atoms with Crippen molar-refractivity contribution in [1.29, 1.82) is 0 Å². The minimum absolute atomic E-state index is 0.0400. The molecule has 2 aromatic heterocycles. The average molecular weight is 372 g/mol. The van der Waals surface area contributed by atoms with Gasteiger partial charge in [0.05, 0.1) is 19.4 Å². The molecule has 24 heavy (non-hydrogen) atoms. The van der Waals surface area contributed by atoms with Gasteiger partial charge in [-0.1, -0.05) is 18.5 Å². The zero-order valence-electron chi connectivity index (χ0n) is 13.1. The highest BCUT2D eigenvalue weighted by Gasteiger charge is 2.28. The lowest BCUT2D eigenvalue weighted by Gasteiger charge is -2.20. The van der Waals surface area contributed by atoms with Crippen LogP contribution in [0.4, 0.5) is 0 Å². The van der Waals surface area contributed by atoms with E-state index < -0.39 is 10.0 Å². The van der Waals surface area contributed by atoms with Crippen LogP contribution in [-0.2, 0) is 21.4 Å². The van der Waals surface area contributed by atoms with Crippen LogP contribution >= 0.6 is 11.6 Å². The Balaban J connectivity index is 2.26. The molecule has 1 N–H and O–H groups in total. The first-order valence-electron chi connectivity index (χ1n) is 7.34. The van der Waals surface area contributed by atoms with Crippen molar-refractivity contribution in [1.82, 2.24) is 14.6 Å². The number of nitrogens with one attached hydrogen (secondary N) is 1. The van der Waals surface area contributed by atoms with E-state index in [1.807, 2.05) is 6.92 Å². The van der Waals surface area contributed by atoms with Gasteiger partial charge in [0.1, 0.15) is 15.8 Å². The highest BCUT2D eigenvalue weighted by Crippen LogP contribution is 2.19. The fourth-order valence-electron chi connectivity index (χ4n) is 1.95. The van der Waals surface area contributed by atoms with Crippen LogP contribution in [0.25, 0.3) is 0 Å². The lowest BCUT2D eigenvalue weighted by Crippen LogP contribution is -2.40. The first-order valence-corrected chi connectivity index (χ1v) is 9.16. The van der Waals surface area contributed by atoms with Crippen molar-refractivity contribution >= 4 is 27.5 Å². The van der Waals surface area contributed by atoms with Crippen LogP contribution in [0.2, 0.25) is 5.15 Å². The zero-order chi connectivity index (χ0) is 17.6. The average Bonchev–Trinajstić information content (AvgIpc) is 3.06. The normalized spacial score (nSPS) is 11.6. The van der Waals surface area contributed by atoms with E-state index >= 15 is 0 Å². The molecule has 7 nitrogen and oxygen atoms in total. The van der Waals surface area contributed by atoms with Gasteiger partial charge in [-0.15, -0.1) is 0 Å². The fraction of sp³-hybridized carbons (Fsp3) is 0.333. The smallest absolute Gasteiger partial charge is 0.245 e. The second kappa shape index (κ2) is 8.27. The Hall–Kier alpha value is -1.90. The van der Waals surface area contributed by atoms with Crippen molar-refractivity contribution in [3.8, 4) is 0 Å². The summed E-state index contributed by atoms with van der Waals surface area (Å²) in [5, 5.41) is 2.85. The van der Waals surface area contributed by atoms with Gasteiger partial charge >= 0.3 is 0 Å². The number of furan rings is 1. The Labute approximate surface area is 145 Å². The number of pyridine rings is 1. The molecule has 9 heteroatoms. The maximum absolute atomic E-state index is 12.8.